The molecule has 0 unspecified atom stereocenters. The van der Waals surface area contributed by atoms with E-state index in [9.17, 15) is 17.2 Å². The molecule has 0 fully saturated rings. The summed E-state index contributed by atoms with van der Waals surface area (Å²) in [6, 6.07) is 3.14. The van der Waals surface area contributed by atoms with Crippen LogP contribution in [0.3, 0.4) is 0 Å². The maximum atomic E-state index is 13.1. The summed E-state index contributed by atoms with van der Waals surface area (Å²) in [5, 5.41) is -0.0648. The highest BCUT2D eigenvalue weighted by molar-refractivity contribution is 7.92. The Balaban J connectivity index is 2.39. The van der Waals surface area contributed by atoms with Gasteiger partial charge in [0.05, 0.1) is 12.0 Å². The standard InChI is InChI=1S/C11H8ClF2N3O3S/c1-20-10-5-9(12)15-11(16-10)17-21(18,19)8-3-6(13)2-7(14)4-8/h2-5H,1H3,(H,15,16,17). The highest BCUT2D eigenvalue weighted by Crippen LogP contribution is 2.20. The van der Waals surface area contributed by atoms with Gasteiger partial charge in [0.15, 0.2) is 0 Å². The van der Waals surface area contributed by atoms with Crippen LogP contribution in [0, 0.1) is 11.6 Å². The fourth-order valence-electron chi connectivity index (χ4n) is 1.41. The fraction of sp³-hybridized carbons (Fsp3) is 0.0909. The summed E-state index contributed by atoms with van der Waals surface area (Å²) < 4.78 is 56.9. The molecule has 10 heteroatoms. The van der Waals surface area contributed by atoms with Crippen LogP contribution in [0.1, 0.15) is 0 Å². The summed E-state index contributed by atoms with van der Waals surface area (Å²) in [6.45, 7) is 0. The van der Waals surface area contributed by atoms with Gasteiger partial charge in [-0.2, -0.15) is 4.98 Å². The number of benzene rings is 1. The van der Waals surface area contributed by atoms with Crippen molar-refractivity contribution in [3.63, 3.8) is 0 Å². The number of hydrogen-bond acceptors (Lipinski definition) is 5. The normalized spacial score (nSPS) is 11.2. The Bertz CT molecular complexity index is 766. The highest BCUT2D eigenvalue weighted by Gasteiger charge is 2.18. The van der Waals surface area contributed by atoms with Crippen molar-refractivity contribution < 1.29 is 21.9 Å². The number of nitrogens with zero attached hydrogens (tertiary/aromatic N) is 2. The predicted molar refractivity (Wildman–Crippen MR) is 70.8 cm³/mol. The van der Waals surface area contributed by atoms with Gasteiger partial charge in [0, 0.05) is 12.1 Å². The molecule has 0 spiro atoms. The van der Waals surface area contributed by atoms with Crippen LogP contribution in [0.2, 0.25) is 5.15 Å². The van der Waals surface area contributed by atoms with Gasteiger partial charge in [0.1, 0.15) is 16.8 Å². The Labute approximate surface area is 123 Å². The summed E-state index contributed by atoms with van der Waals surface area (Å²) in [6.07, 6.45) is 0. The zero-order valence-electron chi connectivity index (χ0n) is 10.5. The van der Waals surface area contributed by atoms with E-state index in [0.717, 1.165) is 0 Å². The van der Waals surface area contributed by atoms with Crippen LogP contribution in [0.5, 0.6) is 5.88 Å². The van der Waals surface area contributed by atoms with Crippen LogP contribution in [-0.2, 0) is 10.0 Å². The number of methoxy groups -OCH3 is 1. The zero-order chi connectivity index (χ0) is 15.6. The van der Waals surface area contributed by atoms with Crippen LogP contribution in [0.15, 0.2) is 29.2 Å². The quantitative estimate of drug-likeness (QED) is 0.866. The van der Waals surface area contributed by atoms with E-state index in [4.69, 9.17) is 16.3 Å². The van der Waals surface area contributed by atoms with Gasteiger partial charge in [-0.1, -0.05) is 11.6 Å². The van der Waals surface area contributed by atoms with Crippen LogP contribution < -0.4 is 9.46 Å². The van der Waals surface area contributed by atoms with Crippen LogP contribution in [-0.4, -0.2) is 25.5 Å². The van der Waals surface area contributed by atoms with Crippen molar-refractivity contribution in [1.82, 2.24) is 9.97 Å². The van der Waals surface area contributed by atoms with E-state index in [1.54, 1.807) is 0 Å². The first-order chi connectivity index (χ1) is 9.80. The molecule has 1 aromatic carbocycles. The number of anilines is 1. The average molecular weight is 336 g/mol. The summed E-state index contributed by atoms with van der Waals surface area (Å²) in [5.74, 6) is -2.41. The predicted octanol–water partition coefficient (Wildman–Crippen LogP) is 2.22. The van der Waals surface area contributed by atoms with E-state index in [0.29, 0.717) is 18.2 Å². The first kappa shape index (κ1) is 15.4. The Morgan fingerprint density at radius 1 is 1.14 bits per heavy atom. The van der Waals surface area contributed by atoms with Gasteiger partial charge >= 0.3 is 0 Å². The zero-order valence-corrected chi connectivity index (χ0v) is 12.0. The monoisotopic (exact) mass is 335 g/mol. The second kappa shape index (κ2) is 5.78. The minimum absolute atomic E-state index is 0.0260. The minimum atomic E-state index is -4.27. The van der Waals surface area contributed by atoms with Gasteiger partial charge in [-0.25, -0.2) is 26.9 Å². The second-order valence-corrected chi connectivity index (χ2v) is 5.84. The molecule has 0 atom stereocenters. The maximum absolute atomic E-state index is 13.1. The number of ether oxygens (including phenoxy) is 1. The molecule has 1 heterocycles. The first-order valence-electron chi connectivity index (χ1n) is 5.37. The lowest BCUT2D eigenvalue weighted by atomic mass is 10.3. The Morgan fingerprint density at radius 3 is 2.33 bits per heavy atom. The molecular formula is C11H8ClF2N3O3S. The molecule has 112 valence electrons. The number of nitrogens with one attached hydrogen (secondary N) is 1. The molecular weight excluding hydrogens is 328 g/mol. The molecule has 0 bridgehead atoms. The smallest absolute Gasteiger partial charge is 0.264 e. The third kappa shape index (κ3) is 3.76. The average Bonchev–Trinajstić information content (AvgIpc) is 2.36. The summed E-state index contributed by atoms with van der Waals surface area (Å²) in [5.41, 5.74) is 0. The summed E-state index contributed by atoms with van der Waals surface area (Å²) in [7, 11) is -2.96. The molecule has 0 saturated heterocycles. The van der Waals surface area contributed by atoms with Gasteiger partial charge in [0.25, 0.3) is 10.0 Å². The van der Waals surface area contributed by atoms with Gasteiger partial charge in [0.2, 0.25) is 11.8 Å². The maximum Gasteiger partial charge on any atom is 0.264 e. The Morgan fingerprint density at radius 2 is 1.76 bits per heavy atom. The van der Waals surface area contributed by atoms with E-state index in [1.165, 1.54) is 13.2 Å². The van der Waals surface area contributed by atoms with Crippen LogP contribution in [0.4, 0.5) is 14.7 Å². The van der Waals surface area contributed by atoms with Crippen molar-refractivity contribution in [3.05, 3.63) is 41.1 Å². The Kier molecular flexibility index (Phi) is 4.24. The van der Waals surface area contributed by atoms with E-state index in [-0.39, 0.29) is 17.0 Å². The number of aromatic nitrogens is 2. The van der Waals surface area contributed by atoms with Crippen molar-refractivity contribution in [1.29, 1.82) is 0 Å². The molecule has 0 aliphatic rings. The van der Waals surface area contributed by atoms with Gasteiger partial charge in [-0.05, 0) is 12.1 Å². The number of hydrogen-bond donors (Lipinski definition) is 1. The number of sulfonamides is 1. The molecule has 0 saturated carbocycles. The van der Waals surface area contributed by atoms with E-state index >= 15 is 0 Å². The van der Waals surface area contributed by atoms with Crippen molar-refractivity contribution >= 4 is 27.6 Å². The molecule has 21 heavy (non-hydrogen) atoms. The van der Waals surface area contributed by atoms with E-state index in [1.807, 2.05) is 4.72 Å². The Hall–Kier alpha value is -2.00. The molecule has 1 N–H and O–H groups in total. The van der Waals surface area contributed by atoms with E-state index < -0.39 is 26.6 Å². The number of rotatable bonds is 4. The van der Waals surface area contributed by atoms with E-state index in [2.05, 4.69) is 9.97 Å². The van der Waals surface area contributed by atoms with Crippen molar-refractivity contribution in [2.45, 2.75) is 4.90 Å². The molecule has 0 aliphatic carbocycles. The second-order valence-electron chi connectivity index (χ2n) is 3.77. The van der Waals surface area contributed by atoms with Crippen molar-refractivity contribution in [2.75, 3.05) is 11.8 Å². The molecule has 6 nitrogen and oxygen atoms in total. The molecule has 1 aromatic heterocycles. The fourth-order valence-corrected chi connectivity index (χ4v) is 2.57. The number of halogens is 3. The largest absolute Gasteiger partial charge is 0.481 e. The molecule has 0 aliphatic heterocycles. The molecule has 2 rings (SSSR count). The highest BCUT2D eigenvalue weighted by atomic mass is 35.5. The third-order valence-corrected chi connectivity index (χ3v) is 3.75. The molecule has 0 amide bonds. The lowest BCUT2D eigenvalue weighted by Crippen LogP contribution is -2.16. The lowest BCUT2D eigenvalue weighted by Gasteiger charge is -2.08. The summed E-state index contributed by atoms with van der Waals surface area (Å²) in [4.78, 5) is 6.74. The molecule has 2 aromatic rings. The van der Waals surface area contributed by atoms with Gasteiger partial charge in [-0.3, -0.25) is 0 Å². The first-order valence-corrected chi connectivity index (χ1v) is 7.24. The molecule has 0 radical (unpaired) electrons. The van der Waals surface area contributed by atoms with Crippen LogP contribution >= 0.6 is 11.6 Å². The van der Waals surface area contributed by atoms with Gasteiger partial charge < -0.3 is 4.74 Å². The topological polar surface area (TPSA) is 81.2 Å². The lowest BCUT2D eigenvalue weighted by molar-refractivity contribution is 0.397. The van der Waals surface area contributed by atoms with Gasteiger partial charge in [-0.15, -0.1) is 0 Å². The van der Waals surface area contributed by atoms with Crippen molar-refractivity contribution in [2.24, 2.45) is 0 Å². The van der Waals surface area contributed by atoms with Crippen molar-refractivity contribution in [3.8, 4) is 5.88 Å². The summed E-state index contributed by atoms with van der Waals surface area (Å²) >= 11 is 5.67. The SMILES string of the molecule is COc1cc(Cl)nc(NS(=O)(=O)c2cc(F)cc(F)c2)n1. The minimum Gasteiger partial charge on any atom is -0.481 e. The van der Waals surface area contributed by atoms with Crippen LogP contribution in [0.25, 0.3) is 0 Å². The third-order valence-electron chi connectivity index (χ3n) is 2.25.